The van der Waals surface area contributed by atoms with Gasteiger partial charge in [0.15, 0.2) is 0 Å². The highest BCUT2D eigenvalue weighted by Gasteiger charge is 2.25. The summed E-state index contributed by atoms with van der Waals surface area (Å²) in [6, 6.07) is 8.38. The summed E-state index contributed by atoms with van der Waals surface area (Å²) in [6.45, 7) is 4.83. The number of nitrogens with zero attached hydrogens (tertiary/aromatic N) is 3. The first kappa shape index (κ1) is 17.6. The van der Waals surface area contributed by atoms with Crippen LogP contribution in [-0.2, 0) is 6.54 Å². The van der Waals surface area contributed by atoms with Crippen molar-refractivity contribution in [1.82, 2.24) is 20.0 Å². The fourth-order valence-electron chi connectivity index (χ4n) is 3.30. The highest BCUT2D eigenvalue weighted by atomic mass is 19.1. The number of rotatable bonds is 5. The third-order valence-electron chi connectivity index (χ3n) is 4.85. The highest BCUT2D eigenvalue weighted by molar-refractivity contribution is 5.92. The standard InChI is InChI=1S/C19H25FN4O/c1-14-11-18(22-21-14)19(25)24(12-15-7-9-23(2)10-8-15)13-16-5-3-4-6-17(16)20/h3-6,11,15H,7-10,12-13H2,1-2H3,(H,21,22). The Morgan fingerprint density at radius 2 is 2.08 bits per heavy atom. The Kier molecular flexibility index (Phi) is 5.48. The molecule has 0 saturated carbocycles. The van der Waals surface area contributed by atoms with Crippen LogP contribution >= 0.6 is 0 Å². The Morgan fingerprint density at radius 1 is 1.36 bits per heavy atom. The van der Waals surface area contributed by atoms with E-state index in [-0.39, 0.29) is 18.3 Å². The fourth-order valence-corrected chi connectivity index (χ4v) is 3.30. The van der Waals surface area contributed by atoms with E-state index in [0.717, 1.165) is 31.6 Å². The van der Waals surface area contributed by atoms with Crippen LogP contribution in [0.15, 0.2) is 30.3 Å². The van der Waals surface area contributed by atoms with Gasteiger partial charge in [0.2, 0.25) is 0 Å². The summed E-state index contributed by atoms with van der Waals surface area (Å²) in [5.41, 5.74) is 1.77. The summed E-state index contributed by atoms with van der Waals surface area (Å²) < 4.78 is 14.1. The van der Waals surface area contributed by atoms with Crippen LogP contribution in [0.4, 0.5) is 4.39 Å². The lowest BCUT2D eigenvalue weighted by molar-refractivity contribution is 0.0675. The molecule has 1 aliphatic rings. The van der Waals surface area contributed by atoms with Gasteiger partial charge in [-0.3, -0.25) is 9.89 Å². The molecule has 1 aliphatic heterocycles. The highest BCUT2D eigenvalue weighted by Crippen LogP contribution is 2.20. The molecule has 0 atom stereocenters. The average Bonchev–Trinajstić information content (AvgIpc) is 3.04. The molecule has 3 rings (SSSR count). The number of carbonyl (C=O) groups excluding carboxylic acids is 1. The number of piperidine rings is 1. The Bertz CT molecular complexity index is 722. The number of halogens is 1. The van der Waals surface area contributed by atoms with Crippen molar-refractivity contribution in [2.45, 2.75) is 26.3 Å². The number of carbonyl (C=O) groups is 1. The minimum absolute atomic E-state index is 0.147. The van der Waals surface area contributed by atoms with Gasteiger partial charge in [0.05, 0.1) is 0 Å². The largest absolute Gasteiger partial charge is 0.333 e. The number of aromatic amines is 1. The topological polar surface area (TPSA) is 52.2 Å². The Hall–Kier alpha value is -2.21. The second-order valence-corrected chi connectivity index (χ2v) is 6.96. The lowest BCUT2D eigenvalue weighted by Gasteiger charge is -2.33. The monoisotopic (exact) mass is 344 g/mol. The maximum Gasteiger partial charge on any atom is 0.274 e. The molecule has 5 nitrogen and oxygen atoms in total. The van der Waals surface area contributed by atoms with Crippen LogP contribution in [-0.4, -0.2) is 52.6 Å². The van der Waals surface area contributed by atoms with Gasteiger partial charge in [0.25, 0.3) is 5.91 Å². The Morgan fingerprint density at radius 3 is 2.72 bits per heavy atom. The normalized spacial score (nSPS) is 16.1. The predicted octanol–water partition coefficient (Wildman–Crippen LogP) is 2.84. The van der Waals surface area contributed by atoms with Crippen LogP contribution in [0.2, 0.25) is 0 Å². The summed E-state index contributed by atoms with van der Waals surface area (Å²) in [4.78, 5) is 17.0. The van der Waals surface area contributed by atoms with Crippen molar-refractivity contribution in [3.05, 3.63) is 53.1 Å². The van der Waals surface area contributed by atoms with Crippen molar-refractivity contribution in [2.24, 2.45) is 5.92 Å². The SMILES string of the molecule is Cc1cc(C(=O)N(Cc2ccccc2F)CC2CCN(C)CC2)n[nH]1. The molecule has 1 aromatic heterocycles. The van der Waals surface area contributed by atoms with Crippen molar-refractivity contribution in [3.8, 4) is 0 Å². The maximum atomic E-state index is 14.1. The van der Waals surface area contributed by atoms with Crippen molar-refractivity contribution >= 4 is 5.91 Å². The van der Waals surface area contributed by atoms with Gasteiger partial charge in [-0.15, -0.1) is 0 Å². The molecule has 1 fully saturated rings. The Labute approximate surface area is 147 Å². The van der Waals surface area contributed by atoms with Crippen LogP contribution in [0.25, 0.3) is 0 Å². The number of H-pyrrole nitrogens is 1. The van der Waals surface area contributed by atoms with Crippen molar-refractivity contribution in [2.75, 3.05) is 26.7 Å². The summed E-state index contributed by atoms with van der Waals surface area (Å²) >= 11 is 0. The molecular formula is C19H25FN4O. The van der Waals surface area contributed by atoms with E-state index in [1.54, 1.807) is 29.2 Å². The summed E-state index contributed by atoms with van der Waals surface area (Å²) in [5.74, 6) is 0.0142. The zero-order valence-corrected chi connectivity index (χ0v) is 14.8. The minimum Gasteiger partial charge on any atom is -0.333 e. The summed E-state index contributed by atoms with van der Waals surface area (Å²) in [6.07, 6.45) is 2.11. The van der Waals surface area contributed by atoms with E-state index >= 15 is 0 Å². The van der Waals surface area contributed by atoms with Gasteiger partial charge < -0.3 is 9.80 Å². The number of benzene rings is 1. The Balaban J connectivity index is 1.77. The quantitative estimate of drug-likeness (QED) is 0.907. The van der Waals surface area contributed by atoms with Crippen LogP contribution in [0.5, 0.6) is 0 Å². The van der Waals surface area contributed by atoms with E-state index < -0.39 is 0 Å². The van der Waals surface area contributed by atoms with Gasteiger partial charge in [0, 0.05) is 24.3 Å². The molecule has 1 aromatic carbocycles. The van der Waals surface area contributed by atoms with E-state index in [1.807, 2.05) is 6.92 Å². The molecule has 0 radical (unpaired) electrons. The molecule has 2 heterocycles. The number of hydrogen-bond donors (Lipinski definition) is 1. The van der Waals surface area contributed by atoms with Crippen LogP contribution < -0.4 is 0 Å². The van der Waals surface area contributed by atoms with Gasteiger partial charge >= 0.3 is 0 Å². The third-order valence-corrected chi connectivity index (χ3v) is 4.85. The lowest BCUT2D eigenvalue weighted by Crippen LogP contribution is -2.39. The second kappa shape index (κ2) is 7.78. The molecule has 1 saturated heterocycles. The molecule has 1 N–H and O–H groups in total. The molecule has 6 heteroatoms. The summed E-state index contributed by atoms with van der Waals surface area (Å²) in [7, 11) is 2.12. The maximum absolute atomic E-state index is 14.1. The number of amides is 1. The molecule has 134 valence electrons. The van der Waals surface area contributed by atoms with Crippen LogP contribution in [0.1, 0.15) is 34.6 Å². The molecule has 0 bridgehead atoms. The number of hydrogen-bond acceptors (Lipinski definition) is 3. The molecular weight excluding hydrogens is 319 g/mol. The number of aromatic nitrogens is 2. The molecule has 1 amide bonds. The number of likely N-dealkylation sites (tertiary alicyclic amines) is 1. The number of nitrogens with one attached hydrogen (secondary N) is 1. The van der Waals surface area contributed by atoms with Gasteiger partial charge in [0.1, 0.15) is 11.5 Å². The molecule has 0 aliphatic carbocycles. The molecule has 0 spiro atoms. The van der Waals surface area contributed by atoms with Gasteiger partial charge in [-0.1, -0.05) is 18.2 Å². The van der Waals surface area contributed by atoms with E-state index in [9.17, 15) is 9.18 Å². The summed E-state index contributed by atoms with van der Waals surface area (Å²) in [5, 5.41) is 6.90. The van der Waals surface area contributed by atoms with Crippen molar-refractivity contribution in [3.63, 3.8) is 0 Å². The van der Waals surface area contributed by atoms with E-state index in [4.69, 9.17) is 0 Å². The molecule has 2 aromatic rings. The molecule has 25 heavy (non-hydrogen) atoms. The lowest BCUT2D eigenvalue weighted by atomic mass is 9.96. The van der Waals surface area contributed by atoms with Gasteiger partial charge in [-0.2, -0.15) is 5.10 Å². The first-order chi connectivity index (χ1) is 12.0. The van der Waals surface area contributed by atoms with Gasteiger partial charge in [-0.05, 0) is 58.0 Å². The minimum atomic E-state index is -0.276. The van der Waals surface area contributed by atoms with Crippen molar-refractivity contribution in [1.29, 1.82) is 0 Å². The third kappa shape index (κ3) is 4.45. The molecule has 0 unspecified atom stereocenters. The predicted molar refractivity (Wildman–Crippen MR) is 94.7 cm³/mol. The van der Waals surface area contributed by atoms with E-state index in [0.29, 0.717) is 23.7 Å². The van der Waals surface area contributed by atoms with Crippen LogP contribution in [0.3, 0.4) is 0 Å². The van der Waals surface area contributed by atoms with E-state index in [1.165, 1.54) is 6.07 Å². The van der Waals surface area contributed by atoms with Crippen LogP contribution in [0, 0.1) is 18.7 Å². The average molecular weight is 344 g/mol. The zero-order chi connectivity index (χ0) is 17.8. The first-order valence-corrected chi connectivity index (χ1v) is 8.76. The zero-order valence-electron chi connectivity index (χ0n) is 14.8. The van der Waals surface area contributed by atoms with Crippen molar-refractivity contribution < 1.29 is 9.18 Å². The number of aryl methyl sites for hydroxylation is 1. The van der Waals surface area contributed by atoms with E-state index in [2.05, 4.69) is 22.1 Å². The smallest absolute Gasteiger partial charge is 0.274 e. The fraction of sp³-hybridized carbons (Fsp3) is 0.474. The second-order valence-electron chi connectivity index (χ2n) is 6.96. The van der Waals surface area contributed by atoms with Gasteiger partial charge in [-0.25, -0.2) is 4.39 Å². The first-order valence-electron chi connectivity index (χ1n) is 8.76.